The fourth-order valence-corrected chi connectivity index (χ4v) is 5.46. The highest BCUT2D eigenvalue weighted by Crippen LogP contribution is 2.27. The summed E-state index contributed by atoms with van der Waals surface area (Å²) >= 11 is 0. The first-order chi connectivity index (χ1) is 14.4. The number of ketones is 1. The van der Waals surface area contributed by atoms with Crippen molar-refractivity contribution in [3.63, 3.8) is 0 Å². The van der Waals surface area contributed by atoms with E-state index >= 15 is 0 Å². The first-order valence-electron chi connectivity index (χ1n) is 10.1. The fraction of sp³-hybridized carbons (Fsp3) is 0.304. The number of carbonyl (C=O) groups is 1. The summed E-state index contributed by atoms with van der Waals surface area (Å²) < 4.78 is 29.7. The summed E-state index contributed by atoms with van der Waals surface area (Å²) in [4.78, 5) is 16.3. The van der Waals surface area contributed by atoms with Crippen LogP contribution < -0.4 is 0 Å². The number of imidazole rings is 1. The summed E-state index contributed by atoms with van der Waals surface area (Å²) in [6.07, 6.45) is 5.37. The number of carbonyl (C=O) groups excluding carboxylic acids is 1. The van der Waals surface area contributed by atoms with Crippen LogP contribution in [0.2, 0.25) is 0 Å². The number of nitrogens with zero attached hydrogens (tertiary/aromatic N) is 3. The lowest BCUT2D eigenvalue weighted by Gasteiger charge is -2.31. The first-order valence-corrected chi connectivity index (χ1v) is 11.6. The summed E-state index contributed by atoms with van der Waals surface area (Å²) in [5.74, 6) is 1.18. The molecule has 2 aromatic carbocycles. The van der Waals surface area contributed by atoms with Crippen molar-refractivity contribution in [1.29, 1.82) is 0 Å². The number of benzene rings is 2. The number of piperidine rings is 1. The van der Waals surface area contributed by atoms with Gasteiger partial charge in [0.25, 0.3) is 0 Å². The third-order valence-corrected chi connectivity index (χ3v) is 7.55. The molecular formula is C23H25N3O3S. The third kappa shape index (κ3) is 4.22. The molecule has 30 heavy (non-hydrogen) atoms. The van der Waals surface area contributed by atoms with Crippen LogP contribution in [0.15, 0.2) is 71.9 Å². The molecule has 0 N–H and O–H groups in total. The van der Waals surface area contributed by atoms with Gasteiger partial charge >= 0.3 is 0 Å². The predicted molar refractivity (Wildman–Crippen MR) is 116 cm³/mol. The van der Waals surface area contributed by atoms with Gasteiger partial charge in [-0.3, -0.25) is 4.79 Å². The van der Waals surface area contributed by atoms with E-state index in [0.29, 0.717) is 24.6 Å². The highest BCUT2D eigenvalue weighted by atomic mass is 32.2. The van der Waals surface area contributed by atoms with Crippen molar-refractivity contribution in [3.8, 4) is 11.4 Å². The Labute approximate surface area is 177 Å². The van der Waals surface area contributed by atoms with Crippen molar-refractivity contribution in [2.75, 3.05) is 13.1 Å². The van der Waals surface area contributed by atoms with Gasteiger partial charge in [0, 0.05) is 43.2 Å². The van der Waals surface area contributed by atoms with Crippen LogP contribution in [0.1, 0.15) is 30.1 Å². The molecule has 0 amide bonds. The normalized spacial score (nSPS) is 15.9. The molecule has 6 nitrogen and oxygen atoms in total. The minimum absolute atomic E-state index is 0.139. The predicted octanol–water partition coefficient (Wildman–Crippen LogP) is 3.85. The summed E-state index contributed by atoms with van der Waals surface area (Å²) in [6.45, 7) is 3.22. The maximum Gasteiger partial charge on any atom is 0.243 e. The van der Waals surface area contributed by atoms with E-state index in [1.165, 1.54) is 17.3 Å². The van der Waals surface area contributed by atoms with Crippen molar-refractivity contribution >= 4 is 15.8 Å². The maximum atomic E-state index is 13.0. The Bertz CT molecular complexity index is 1130. The lowest BCUT2D eigenvalue weighted by molar-refractivity contribution is 0.101. The van der Waals surface area contributed by atoms with Gasteiger partial charge in [-0.05, 0) is 37.8 Å². The molecule has 0 unspecified atom stereocenters. The number of hydrogen-bond donors (Lipinski definition) is 0. The Balaban J connectivity index is 1.43. The molecule has 0 radical (unpaired) electrons. The number of hydrogen-bond acceptors (Lipinski definition) is 4. The molecular weight excluding hydrogens is 398 g/mol. The molecule has 0 spiro atoms. The van der Waals surface area contributed by atoms with Gasteiger partial charge in [0.1, 0.15) is 5.82 Å². The van der Waals surface area contributed by atoms with Crippen LogP contribution >= 0.6 is 0 Å². The molecule has 1 aliphatic rings. The van der Waals surface area contributed by atoms with Crippen molar-refractivity contribution < 1.29 is 13.2 Å². The van der Waals surface area contributed by atoms with E-state index in [0.717, 1.165) is 30.8 Å². The van der Waals surface area contributed by atoms with Crippen LogP contribution in [0.4, 0.5) is 0 Å². The Hall–Kier alpha value is -2.77. The minimum atomic E-state index is -3.59. The van der Waals surface area contributed by atoms with E-state index in [2.05, 4.69) is 9.55 Å². The maximum absolute atomic E-state index is 13.0. The Morgan fingerprint density at radius 1 is 1.07 bits per heavy atom. The molecule has 0 bridgehead atoms. The van der Waals surface area contributed by atoms with Gasteiger partial charge in [0.2, 0.25) is 10.0 Å². The molecule has 0 aliphatic carbocycles. The molecule has 1 aromatic heterocycles. The zero-order valence-electron chi connectivity index (χ0n) is 16.9. The van der Waals surface area contributed by atoms with E-state index in [1.807, 2.05) is 42.7 Å². The third-order valence-electron chi connectivity index (χ3n) is 5.65. The topological polar surface area (TPSA) is 72.3 Å². The number of Topliss-reactive ketones (excluding diaryl/α,β-unsaturated/α-hetero) is 1. The molecule has 3 aromatic rings. The number of aromatic nitrogens is 2. The zero-order chi connectivity index (χ0) is 21.1. The molecule has 0 saturated carbocycles. The van der Waals surface area contributed by atoms with E-state index in [4.69, 9.17) is 0 Å². The monoisotopic (exact) mass is 423 g/mol. The summed E-state index contributed by atoms with van der Waals surface area (Å²) in [6, 6.07) is 16.4. The molecule has 2 heterocycles. The zero-order valence-corrected chi connectivity index (χ0v) is 17.8. The van der Waals surface area contributed by atoms with Crippen molar-refractivity contribution in [1.82, 2.24) is 13.9 Å². The van der Waals surface area contributed by atoms with Crippen LogP contribution in [0.5, 0.6) is 0 Å². The van der Waals surface area contributed by atoms with Gasteiger partial charge in [-0.1, -0.05) is 42.5 Å². The highest BCUT2D eigenvalue weighted by molar-refractivity contribution is 7.89. The van der Waals surface area contributed by atoms with E-state index in [-0.39, 0.29) is 10.7 Å². The smallest absolute Gasteiger partial charge is 0.243 e. The standard InChI is InChI=1S/C23H25N3O3S/c1-18(27)21-8-5-9-22(16-21)30(28,29)26-13-10-19(11-14-26)17-25-15-12-24-23(25)20-6-3-2-4-7-20/h2-9,12,15-16,19H,10-11,13-14,17H2,1H3. The van der Waals surface area contributed by atoms with Crippen LogP contribution in [0.25, 0.3) is 11.4 Å². The molecule has 1 fully saturated rings. The quantitative estimate of drug-likeness (QED) is 0.565. The summed E-state index contributed by atoms with van der Waals surface area (Å²) in [5.41, 5.74) is 1.49. The summed E-state index contributed by atoms with van der Waals surface area (Å²) in [7, 11) is -3.59. The van der Waals surface area contributed by atoms with Crippen LogP contribution in [-0.4, -0.2) is 41.1 Å². The Morgan fingerprint density at radius 2 is 1.80 bits per heavy atom. The largest absolute Gasteiger partial charge is 0.331 e. The highest BCUT2D eigenvalue weighted by Gasteiger charge is 2.30. The number of rotatable bonds is 6. The SMILES string of the molecule is CC(=O)c1cccc(S(=O)(=O)N2CCC(Cn3ccnc3-c3ccccc3)CC2)c1. The van der Waals surface area contributed by atoms with Gasteiger partial charge in [0.05, 0.1) is 4.90 Å². The lowest BCUT2D eigenvalue weighted by Crippen LogP contribution is -2.39. The van der Waals surface area contributed by atoms with Crippen molar-refractivity contribution in [2.45, 2.75) is 31.2 Å². The first kappa shape index (κ1) is 20.5. The fourth-order valence-electron chi connectivity index (χ4n) is 3.94. The average Bonchev–Trinajstić information content (AvgIpc) is 3.23. The average molecular weight is 424 g/mol. The van der Waals surface area contributed by atoms with E-state index in [9.17, 15) is 13.2 Å². The molecule has 0 atom stereocenters. The van der Waals surface area contributed by atoms with Crippen LogP contribution in [0.3, 0.4) is 0 Å². The second kappa shape index (κ2) is 8.53. The Morgan fingerprint density at radius 3 is 2.50 bits per heavy atom. The second-order valence-electron chi connectivity index (χ2n) is 7.70. The van der Waals surface area contributed by atoms with Gasteiger partial charge in [-0.2, -0.15) is 4.31 Å². The van der Waals surface area contributed by atoms with Crippen molar-refractivity contribution in [3.05, 3.63) is 72.6 Å². The lowest BCUT2D eigenvalue weighted by atomic mass is 9.98. The van der Waals surface area contributed by atoms with Gasteiger partial charge in [-0.25, -0.2) is 13.4 Å². The van der Waals surface area contributed by atoms with E-state index < -0.39 is 10.0 Å². The molecule has 4 rings (SSSR count). The van der Waals surface area contributed by atoms with Crippen molar-refractivity contribution in [2.24, 2.45) is 5.92 Å². The van der Waals surface area contributed by atoms with Crippen LogP contribution in [0, 0.1) is 5.92 Å². The second-order valence-corrected chi connectivity index (χ2v) is 9.64. The molecule has 7 heteroatoms. The molecule has 156 valence electrons. The van der Waals surface area contributed by atoms with Gasteiger partial charge in [-0.15, -0.1) is 0 Å². The molecule has 1 aliphatic heterocycles. The van der Waals surface area contributed by atoms with Gasteiger partial charge in [0.15, 0.2) is 5.78 Å². The number of sulfonamides is 1. The minimum Gasteiger partial charge on any atom is -0.331 e. The summed E-state index contributed by atoms with van der Waals surface area (Å²) in [5, 5.41) is 0. The van der Waals surface area contributed by atoms with Crippen LogP contribution in [-0.2, 0) is 16.6 Å². The van der Waals surface area contributed by atoms with Gasteiger partial charge < -0.3 is 4.57 Å². The molecule has 1 saturated heterocycles. The Kier molecular flexibility index (Phi) is 5.83. The van der Waals surface area contributed by atoms with E-state index in [1.54, 1.807) is 18.2 Å².